The van der Waals surface area contributed by atoms with Crippen molar-refractivity contribution in [1.29, 1.82) is 0 Å². The molecule has 0 aromatic heterocycles. The van der Waals surface area contributed by atoms with Crippen LogP contribution in [0.5, 0.6) is 17.2 Å². The van der Waals surface area contributed by atoms with Crippen molar-refractivity contribution < 1.29 is 19.7 Å². The Hall–Kier alpha value is -2.17. The van der Waals surface area contributed by atoms with Crippen molar-refractivity contribution in [2.75, 3.05) is 7.11 Å². The van der Waals surface area contributed by atoms with Gasteiger partial charge in [-0.3, -0.25) is 0 Å². The highest BCUT2D eigenvalue weighted by Gasteiger charge is 2.30. The SMILES string of the molecule is COc1ccc(C2=C(C)Oc3c(cc(Cl)c(O)c3C)C2O)cc1. The van der Waals surface area contributed by atoms with Crippen molar-refractivity contribution in [2.24, 2.45) is 0 Å². The molecule has 0 saturated heterocycles. The molecule has 1 unspecified atom stereocenters. The van der Waals surface area contributed by atoms with Gasteiger partial charge in [0.25, 0.3) is 0 Å². The Morgan fingerprint density at radius 2 is 1.83 bits per heavy atom. The van der Waals surface area contributed by atoms with Gasteiger partial charge < -0.3 is 19.7 Å². The number of phenols is 1. The molecular weight excluding hydrogens is 316 g/mol. The van der Waals surface area contributed by atoms with Gasteiger partial charge in [0.2, 0.25) is 0 Å². The summed E-state index contributed by atoms with van der Waals surface area (Å²) in [5.74, 6) is 1.75. The van der Waals surface area contributed by atoms with Crippen molar-refractivity contribution in [2.45, 2.75) is 20.0 Å². The first-order chi connectivity index (χ1) is 10.9. The second-order valence-corrected chi connectivity index (χ2v) is 5.86. The number of hydrogen-bond donors (Lipinski definition) is 2. The van der Waals surface area contributed by atoms with Crippen LogP contribution in [0.25, 0.3) is 5.57 Å². The molecular formula is C18H17ClO4. The van der Waals surface area contributed by atoms with Gasteiger partial charge in [-0.1, -0.05) is 23.7 Å². The summed E-state index contributed by atoms with van der Waals surface area (Å²) in [4.78, 5) is 0. The van der Waals surface area contributed by atoms with E-state index >= 15 is 0 Å². The van der Waals surface area contributed by atoms with Crippen LogP contribution < -0.4 is 9.47 Å². The number of phenolic OH excluding ortho intramolecular Hbond substituents is 1. The molecule has 2 aromatic carbocycles. The van der Waals surface area contributed by atoms with Gasteiger partial charge in [0.05, 0.1) is 12.1 Å². The van der Waals surface area contributed by atoms with Crippen LogP contribution in [0.2, 0.25) is 5.02 Å². The number of halogens is 1. The molecule has 3 rings (SSSR count). The third-order valence-electron chi connectivity index (χ3n) is 4.07. The Morgan fingerprint density at radius 1 is 1.17 bits per heavy atom. The van der Waals surface area contributed by atoms with Crippen molar-refractivity contribution in [3.05, 3.63) is 57.8 Å². The number of benzene rings is 2. The first-order valence-corrected chi connectivity index (χ1v) is 7.55. The molecule has 120 valence electrons. The lowest BCUT2D eigenvalue weighted by atomic mass is 9.90. The quantitative estimate of drug-likeness (QED) is 0.864. The molecule has 1 aliphatic rings. The maximum atomic E-state index is 10.8. The van der Waals surface area contributed by atoms with Crippen LogP contribution in [0, 0.1) is 6.92 Å². The molecule has 0 radical (unpaired) electrons. The fourth-order valence-corrected chi connectivity index (χ4v) is 3.06. The van der Waals surface area contributed by atoms with Crippen molar-refractivity contribution >= 4 is 17.2 Å². The van der Waals surface area contributed by atoms with E-state index in [2.05, 4.69) is 0 Å². The van der Waals surface area contributed by atoms with E-state index in [-0.39, 0.29) is 10.8 Å². The topological polar surface area (TPSA) is 58.9 Å². The van der Waals surface area contributed by atoms with Gasteiger partial charge in [0, 0.05) is 16.7 Å². The zero-order valence-corrected chi connectivity index (χ0v) is 13.8. The number of fused-ring (bicyclic) bond motifs is 1. The summed E-state index contributed by atoms with van der Waals surface area (Å²) in [6.07, 6.45) is -0.885. The smallest absolute Gasteiger partial charge is 0.140 e. The van der Waals surface area contributed by atoms with E-state index in [1.54, 1.807) is 27.0 Å². The van der Waals surface area contributed by atoms with Crippen molar-refractivity contribution in [1.82, 2.24) is 0 Å². The molecule has 4 nitrogen and oxygen atoms in total. The minimum Gasteiger partial charge on any atom is -0.506 e. The normalized spacial score (nSPS) is 16.8. The van der Waals surface area contributed by atoms with Crippen LogP contribution >= 0.6 is 11.6 Å². The summed E-state index contributed by atoms with van der Waals surface area (Å²) in [5.41, 5.74) is 2.56. The summed E-state index contributed by atoms with van der Waals surface area (Å²) in [7, 11) is 1.60. The second-order valence-electron chi connectivity index (χ2n) is 5.45. The highest BCUT2D eigenvalue weighted by atomic mass is 35.5. The maximum Gasteiger partial charge on any atom is 0.140 e. The summed E-state index contributed by atoms with van der Waals surface area (Å²) >= 11 is 6.04. The molecule has 0 fully saturated rings. The molecule has 2 aromatic rings. The molecule has 5 heteroatoms. The monoisotopic (exact) mass is 332 g/mol. The molecule has 0 amide bonds. The summed E-state index contributed by atoms with van der Waals surface area (Å²) in [6.45, 7) is 3.50. The van der Waals surface area contributed by atoms with Crippen LogP contribution in [0.15, 0.2) is 36.1 Å². The standard InChI is InChI=1S/C18H17ClO4/c1-9-16(20)14(19)8-13-17(21)15(10(2)23-18(9)13)11-4-6-12(22-3)7-5-11/h4-8,17,20-21H,1-3H3. The highest BCUT2D eigenvalue weighted by Crippen LogP contribution is 2.48. The Morgan fingerprint density at radius 3 is 2.43 bits per heavy atom. The van der Waals surface area contributed by atoms with Gasteiger partial charge in [0.1, 0.15) is 29.1 Å². The molecule has 0 spiro atoms. The van der Waals surface area contributed by atoms with Gasteiger partial charge >= 0.3 is 0 Å². The summed E-state index contributed by atoms with van der Waals surface area (Å²) < 4.78 is 11.0. The van der Waals surface area contributed by atoms with Gasteiger partial charge in [-0.25, -0.2) is 0 Å². The predicted octanol–water partition coefficient (Wildman–Crippen LogP) is 4.22. The maximum absolute atomic E-state index is 10.8. The van der Waals surface area contributed by atoms with Crippen LogP contribution in [0.1, 0.15) is 29.7 Å². The van der Waals surface area contributed by atoms with E-state index in [1.165, 1.54) is 0 Å². The molecule has 1 aliphatic heterocycles. The van der Waals surface area contributed by atoms with Gasteiger partial charge in [-0.2, -0.15) is 0 Å². The number of hydrogen-bond acceptors (Lipinski definition) is 4. The van der Waals surface area contributed by atoms with Crippen LogP contribution in [-0.2, 0) is 0 Å². The predicted molar refractivity (Wildman–Crippen MR) is 89.0 cm³/mol. The van der Waals surface area contributed by atoms with Crippen LogP contribution in [0.4, 0.5) is 0 Å². The number of rotatable bonds is 2. The molecule has 23 heavy (non-hydrogen) atoms. The molecule has 1 heterocycles. The highest BCUT2D eigenvalue weighted by molar-refractivity contribution is 6.32. The minimum absolute atomic E-state index is 0.0293. The summed E-state index contributed by atoms with van der Waals surface area (Å²) in [5, 5.41) is 20.9. The zero-order chi connectivity index (χ0) is 16.7. The fourth-order valence-electron chi connectivity index (χ4n) is 2.80. The first kappa shape index (κ1) is 15.7. The van der Waals surface area contributed by atoms with Gasteiger partial charge in [0.15, 0.2) is 0 Å². The average Bonchev–Trinajstić information content (AvgIpc) is 2.55. The van der Waals surface area contributed by atoms with E-state index in [9.17, 15) is 10.2 Å². The lowest BCUT2D eigenvalue weighted by Crippen LogP contribution is -2.14. The third-order valence-corrected chi connectivity index (χ3v) is 4.36. The fraction of sp³-hybridized carbons (Fsp3) is 0.222. The largest absolute Gasteiger partial charge is 0.506 e. The lowest BCUT2D eigenvalue weighted by Gasteiger charge is -2.28. The molecule has 0 saturated carbocycles. The van der Waals surface area contributed by atoms with E-state index in [4.69, 9.17) is 21.1 Å². The molecule has 1 atom stereocenters. The van der Waals surface area contributed by atoms with Crippen LogP contribution in [0.3, 0.4) is 0 Å². The van der Waals surface area contributed by atoms with Crippen LogP contribution in [-0.4, -0.2) is 17.3 Å². The average molecular weight is 333 g/mol. The van der Waals surface area contributed by atoms with Crippen molar-refractivity contribution in [3.63, 3.8) is 0 Å². The number of aliphatic hydroxyl groups is 1. The van der Waals surface area contributed by atoms with E-state index in [0.29, 0.717) is 28.2 Å². The van der Waals surface area contributed by atoms with Gasteiger partial charge in [-0.05, 0) is 37.6 Å². The molecule has 0 aliphatic carbocycles. The molecule has 2 N–H and O–H groups in total. The zero-order valence-electron chi connectivity index (χ0n) is 13.1. The van der Waals surface area contributed by atoms with E-state index in [0.717, 1.165) is 11.3 Å². The van der Waals surface area contributed by atoms with Gasteiger partial charge in [-0.15, -0.1) is 0 Å². The third kappa shape index (κ3) is 2.54. The number of methoxy groups -OCH3 is 1. The van der Waals surface area contributed by atoms with E-state index < -0.39 is 6.10 Å². The Balaban J connectivity index is 2.11. The number of aromatic hydroxyl groups is 1. The minimum atomic E-state index is -0.885. The Labute approximate surface area is 139 Å². The summed E-state index contributed by atoms with van der Waals surface area (Å²) in [6, 6.07) is 8.92. The number of aliphatic hydroxyl groups excluding tert-OH is 1. The Bertz CT molecular complexity index is 794. The second kappa shape index (κ2) is 5.80. The van der Waals surface area contributed by atoms with E-state index in [1.807, 2.05) is 24.3 Å². The lowest BCUT2D eigenvalue weighted by molar-refractivity contribution is 0.218. The van der Waals surface area contributed by atoms with Crippen molar-refractivity contribution in [3.8, 4) is 17.2 Å². The Kier molecular flexibility index (Phi) is 3.96. The number of allylic oxidation sites excluding steroid dienone is 1. The first-order valence-electron chi connectivity index (χ1n) is 7.17. The number of ether oxygens (including phenoxy) is 2. The molecule has 0 bridgehead atoms.